The second-order valence-electron chi connectivity index (χ2n) is 5.01. The normalized spacial score (nSPS) is 22.9. The van der Waals surface area contributed by atoms with Gasteiger partial charge in [-0.05, 0) is 18.8 Å². The Morgan fingerprint density at radius 3 is 2.84 bits per heavy atom. The Hall–Kier alpha value is -1.76. The molecule has 1 N–H and O–H groups in total. The number of aromatic amines is 1. The lowest BCUT2D eigenvalue weighted by Crippen LogP contribution is -2.34. The summed E-state index contributed by atoms with van der Waals surface area (Å²) in [6.07, 6.45) is 2.17. The third-order valence-corrected chi connectivity index (χ3v) is 3.29. The van der Waals surface area contributed by atoms with Crippen molar-refractivity contribution in [2.75, 3.05) is 6.54 Å². The number of nitroso groups, excluding NO2 is 1. The second kappa shape index (κ2) is 5.48. The summed E-state index contributed by atoms with van der Waals surface area (Å²) < 4.78 is 6.98. The molecule has 2 unspecified atom stereocenters. The van der Waals surface area contributed by atoms with Gasteiger partial charge >= 0.3 is 5.69 Å². The Balaban J connectivity index is 2.31. The Labute approximate surface area is 109 Å². The third-order valence-electron chi connectivity index (χ3n) is 3.29. The number of hydrogen-bond donors (Lipinski definition) is 1. The van der Waals surface area contributed by atoms with Crippen molar-refractivity contribution in [3.63, 3.8) is 0 Å². The molecule has 0 radical (unpaired) electrons. The summed E-state index contributed by atoms with van der Waals surface area (Å²) in [5, 5.41) is 2.81. The lowest BCUT2D eigenvalue weighted by molar-refractivity contribution is 0.00351. The van der Waals surface area contributed by atoms with Crippen molar-refractivity contribution in [3.05, 3.63) is 37.5 Å². The monoisotopic (exact) mass is 267 g/mol. The average Bonchev–Trinajstić information content (AvgIpc) is 2.77. The molecule has 1 fully saturated rings. The molecule has 1 aliphatic rings. The Kier molecular flexibility index (Phi) is 3.94. The topological polar surface area (TPSA) is 93.5 Å². The number of rotatable bonds is 4. The second-order valence-corrected chi connectivity index (χ2v) is 5.01. The van der Waals surface area contributed by atoms with Gasteiger partial charge in [0.05, 0.1) is 6.10 Å². The molecule has 0 spiro atoms. The molecule has 104 valence electrons. The van der Waals surface area contributed by atoms with Crippen molar-refractivity contribution in [3.8, 4) is 0 Å². The molecule has 0 amide bonds. The van der Waals surface area contributed by atoms with E-state index in [1.807, 2.05) is 13.8 Å². The molecular formula is C12H17N3O4. The zero-order valence-electron chi connectivity index (χ0n) is 11.0. The van der Waals surface area contributed by atoms with E-state index in [1.54, 1.807) is 6.20 Å². The minimum atomic E-state index is -0.487. The van der Waals surface area contributed by atoms with E-state index in [2.05, 4.69) is 10.2 Å². The van der Waals surface area contributed by atoms with E-state index in [0.717, 1.165) is 0 Å². The lowest BCUT2D eigenvalue weighted by Gasteiger charge is -2.16. The van der Waals surface area contributed by atoms with E-state index in [-0.39, 0.29) is 24.1 Å². The summed E-state index contributed by atoms with van der Waals surface area (Å²) in [6.45, 7) is 3.85. The summed E-state index contributed by atoms with van der Waals surface area (Å²) in [5.41, 5.74) is -0.306. The van der Waals surface area contributed by atoms with Crippen LogP contribution in [-0.2, 0) is 4.74 Å². The molecule has 1 aliphatic heterocycles. The van der Waals surface area contributed by atoms with Crippen LogP contribution in [-0.4, -0.2) is 22.2 Å². The molecule has 7 nitrogen and oxygen atoms in total. The lowest BCUT2D eigenvalue weighted by atomic mass is 10.1. The first-order chi connectivity index (χ1) is 9.02. The van der Waals surface area contributed by atoms with E-state index >= 15 is 0 Å². The smallest absolute Gasteiger partial charge is 0.330 e. The fraction of sp³-hybridized carbons (Fsp3) is 0.667. The molecule has 19 heavy (non-hydrogen) atoms. The molecule has 0 bridgehead atoms. The molecule has 2 heterocycles. The Bertz CT molecular complexity index is 575. The maximum absolute atomic E-state index is 11.8. The maximum atomic E-state index is 11.8. The molecule has 2 atom stereocenters. The van der Waals surface area contributed by atoms with E-state index in [0.29, 0.717) is 18.4 Å². The fourth-order valence-electron chi connectivity index (χ4n) is 2.23. The van der Waals surface area contributed by atoms with Crippen LogP contribution in [0.4, 0.5) is 0 Å². The van der Waals surface area contributed by atoms with E-state index in [4.69, 9.17) is 4.74 Å². The SMILES string of the molecule is CC(C)c1cn(C2CCC(CN=O)O2)c(=O)[nH]c1=O. The van der Waals surface area contributed by atoms with Gasteiger partial charge in [0.2, 0.25) is 0 Å². The van der Waals surface area contributed by atoms with Crippen LogP contribution in [0.1, 0.15) is 44.4 Å². The van der Waals surface area contributed by atoms with Gasteiger partial charge < -0.3 is 4.74 Å². The van der Waals surface area contributed by atoms with Gasteiger partial charge in [-0.1, -0.05) is 19.0 Å². The largest absolute Gasteiger partial charge is 0.353 e. The molecule has 0 aromatic carbocycles. The summed E-state index contributed by atoms with van der Waals surface area (Å²) in [5.74, 6) is 0.0180. The van der Waals surface area contributed by atoms with Gasteiger partial charge in [0.1, 0.15) is 12.8 Å². The van der Waals surface area contributed by atoms with Crippen molar-refractivity contribution in [1.82, 2.24) is 9.55 Å². The van der Waals surface area contributed by atoms with Crippen LogP contribution in [0, 0.1) is 4.91 Å². The number of aromatic nitrogens is 2. The predicted molar refractivity (Wildman–Crippen MR) is 69.2 cm³/mol. The van der Waals surface area contributed by atoms with Gasteiger partial charge in [0.15, 0.2) is 0 Å². The summed E-state index contributed by atoms with van der Waals surface area (Å²) in [6, 6.07) is 0. The molecule has 1 saturated heterocycles. The first-order valence-corrected chi connectivity index (χ1v) is 6.33. The molecule has 1 aromatic heterocycles. The van der Waals surface area contributed by atoms with Crippen LogP contribution in [0.15, 0.2) is 21.0 Å². The van der Waals surface area contributed by atoms with Gasteiger partial charge in [0.25, 0.3) is 5.56 Å². The number of H-pyrrole nitrogens is 1. The van der Waals surface area contributed by atoms with Crippen LogP contribution < -0.4 is 11.2 Å². The molecular weight excluding hydrogens is 250 g/mol. The van der Waals surface area contributed by atoms with Crippen LogP contribution in [0.5, 0.6) is 0 Å². The van der Waals surface area contributed by atoms with Crippen molar-refractivity contribution < 1.29 is 4.74 Å². The zero-order valence-corrected chi connectivity index (χ0v) is 11.0. The Morgan fingerprint density at radius 1 is 1.47 bits per heavy atom. The van der Waals surface area contributed by atoms with E-state index in [1.165, 1.54) is 4.57 Å². The van der Waals surface area contributed by atoms with Crippen molar-refractivity contribution in [1.29, 1.82) is 0 Å². The highest BCUT2D eigenvalue weighted by Gasteiger charge is 2.28. The highest BCUT2D eigenvalue weighted by Crippen LogP contribution is 2.27. The first-order valence-electron chi connectivity index (χ1n) is 6.33. The summed E-state index contributed by atoms with van der Waals surface area (Å²) in [4.78, 5) is 36.0. The van der Waals surface area contributed by atoms with Crippen molar-refractivity contribution in [2.24, 2.45) is 5.18 Å². The molecule has 1 aromatic rings. The minimum Gasteiger partial charge on any atom is -0.353 e. The van der Waals surface area contributed by atoms with Gasteiger partial charge in [-0.25, -0.2) is 4.79 Å². The quantitative estimate of drug-likeness (QED) is 0.827. The van der Waals surface area contributed by atoms with Gasteiger partial charge in [0, 0.05) is 11.8 Å². The standard InChI is InChI=1S/C12H17N3O4/c1-7(2)9-6-15(12(17)14-11(9)16)10-4-3-8(19-10)5-13-18/h6-8,10H,3-5H2,1-2H3,(H,14,16,17). The van der Waals surface area contributed by atoms with Gasteiger partial charge in [-0.3, -0.25) is 14.3 Å². The Morgan fingerprint density at radius 2 is 2.21 bits per heavy atom. The summed E-state index contributed by atoms with van der Waals surface area (Å²) in [7, 11) is 0. The highest BCUT2D eigenvalue weighted by atomic mass is 16.5. The maximum Gasteiger partial charge on any atom is 0.330 e. The van der Waals surface area contributed by atoms with Gasteiger partial charge in [-0.2, -0.15) is 4.91 Å². The zero-order chi connectivity index (χ0) is 14.0. The summed E-state index contributed by atoms with van der Waals surface area (Å²) >= 11 is 0. The fourth-order valence-corrected chi connectivity index (χ4v) is 2.23. The molecule has 0 aliphatic carbocycles. The van der Waals surface area contributed by atoms with Crippen LogP contribution in [0.2, 0.25) is 0 Å². The number of nitrogens with zero attached hydrogens (tertiary/aromatic N) is 2. The van der Waals surface area contributed by atoms with Crippen LogP contribution in [0.3, 0.4) is 0 Å². The van der Waals surface area contributed by atoms with Crippen LogP contribution >= 0.6 is 0 Å². The third kappa shape index (κ3) is 2.81. The van der Waals surface area contributed by atoms with Gasteiger partial charge in [-0.15, -0.1) is 0 Å². The van der Waals surface area contributed by atoms with Crippen LogP contribution in [0.25, 0.3) is 0 Å². The minimum absolute atomic E-state index is 0.0180. The van der Waals surface area contributed by atoms with Crippen molar-refractivity contribution in [2.45, 2.75) is 44.9 Å². The number of nitrogens with one attached hydrogen (secondary N) is 1. The van der Waals surface area contributed by atoms with E-state index < -0.39 is 11.9 Å². The highest BCUT2D eigenvalue weighted by molar-refractivity contribution is 5.09. The molecule has 7 heteroatoms. The average molecular weight is 267 g/mol. The van der Waals surface area contributed by atoms with E-state index in [9.17, 15) is 14.5 Å². The van der Waals surface area contributed by atoms with Crippen molar-refractivity contribution >= 4 is 0 Å². The molecule has 0 saturated carbocycles. The molecule has 2 rings (SSSR count). The number of hydrogen-bond acceptors (Lipinski definition) is 5. The predicted octanol–water partition coefficient (Wildman–Crippen LogP) is 1.10. The number of ether oxygens (including phenoxy) is 1. The first kappa shape index (κ1) is 13.7.